The first-order chi connectivity index (χ1) is 6.25. The fourth-order valence-electron chi connectivity index (χ4n) is 2.22. The summed E-state index contributed by atoms with van der Waals surface area (Å²) in [6.07, 6.45) is 4.16. The van der Waals surface area contributed by atoms with Crippen molar-refractivity contribution in [3.63, 3.8) is 0 Å². The summed E-state index contributed by atoms with van der Waals surface area (Å²) >= 11 is 0. The van der Waals surface area contributed by atoms with Crippen LogP contribution < -0.4 is 5.32 Å². The zero-order chi connectivity index (χ0) is 10.3. The molecule has 80 valence electrons. The van der Waals surface area contributed by atoms with Gasteiger partial charge in [-0.3, -0.25) is 0 Å². The number of nitrogens with one attached hydrogen (secondary N) is 1. The van der Waals surface area contributed by atoms with Crippen molar-refractivity contribution in [1.82, 2.24) is 5.32 Å². The third-order valence-corrected chi connectivity index (χ3v) is 2.88. The minimum absolute atomic E-state index is 0.786. The molecule has 2 unspecified atom stereocenters. The van der Waals surface area contributed by atoms with Gasteiger partial charge in [-0.05, 0) is 31.2 Å². The van der Waals surface area contributed by atoms with Gasteiger partial charge in [0.05, 0.1) is 0 Å². The predicted molar refractivity (Wildman–Crippen MR) is 61.0 cm³/mol. The summed E-state index contributed by atoms with van der Waals surface area (Å²) in [4.78, 5) is 0. The van der Waals surface area contributed by atoms with Gasteiger partial charge >= 0.3 is 0 Å². The van der Waals surface area contributed by atoms with Crippen LogP contribution in [0.5, 0.6) is 0 Å². The monoisotopic (exact) mass is 185 g/mol. The van der Waals surface area contributed by atoms with Crippen LogP contribution >= 0.6 is 0 Å². The summed E-state index contributed by atoms with van der Waals surface area (Å²) in [6, 6.07) is 0.786. The van der Waals surface area contributed by atoms with E-state index in [2.05, 4.69) is 26.1 Å². The lowest BCUT2D eigenvalue weighted by atomic mass is 9.83. The Morgan fingerprint density at radius 2 is 1.92 bits per heavy atom. The Hall–Kier alpha value is -0.0400. The van der Waals surface area contributed by atoms with Crippen LogP contribution in [0.3, 0.4) is 0 Å². The van der Waals surface area contributed by atoms with Gasteiger partial charge in [0, 0.05) is 6.04 Å². The molecule has 0 bridgehead atoms. The van der Waals surface area contributed by atoms with Crippen LogP contribution in [0, 0.1) is 11.8 Å². The highest BCUT2D eigenvalue weighted by Crippen LogP contribution is 2.24. The molecule has 2 atom stereocenters. The van der Waals surface area contributed by atoms with E-state index in [4.69, 9.17) is 0 Å². The maximum atomic E-state index is 3.62. The lowest BCUT2D eigenvalue weighted by Gasteiger charge is -2.34. The van der Waals surface area contributed by atoms with Crippen molar-refractivity contribution in [2.75, 3.05) is 6.54 Å². The van der Waals surface area contributed by atoms with Gasteiger partial charge in [0.25, 0.3) is 0 Å². The molecule has 0 aromatic carbocycles. The van der Waals surface area contributed by atoms with E-state index in [0.717, 1.165) is 17.9 Å². The molecular weight excluding hydrogens is 158 g/mol. The SMILES string of the molecule is CC.CCC1CCCNC1C(C)C. The molecular formula is C12H27N. The van der Waals surface area contributed by atoms with E-state index >= 15 is 0 Å². The molecule has 0 radical (unpaired) electrons. The average Bonchev–Trinajstić information content (AvgIpc) is 2.20. The van der Waals surface area contributed by atoms with Crippen LogP contribution in [0.15, 0.2) is 0 Å². The van der Waals surface area contributed by atoms with Gasteiger partial charge in [-0.2, -0.15) is 0 Å². The number of hydrogen-bond donors (Lipinski definition) is 1. The number of rotatable bonds is 2. The van der Waals surface area contributed by atoms with Crippen LogP contribution in [-0.2, 0) is 0 Å². The van der Waals surface area contributed by atoms with Crippen LogP contribution in [-0.4, -0.2) is 12.6 Å². The fourth-order valence-corrected chi connectivity index (χ4v) is 2.22. The Labute approximate surface area is 84.3 Å². The molecule has 1 aliphatic heterocycles. The molecule has 1 rings (SSSR count). The zero-order valence-electron chi connectivity index (χ0n) is 10.1. The lowest BCUT2D eigenvalue weighted by molar-refractivity contribution is 0.221. The van der Waals surface area contributed by atoms with Crippen molar-refractivity contribution >= 4 is 0 Å². The van der Waals surface area contributed by atoms with Gasteiger partial charge in [0.1, 0.15) is 0 Å². The molecule has 1 aliphatic rings. The molecule has 0 aromatic heterocycles. The summed E-state index contributed by atoms with van der Waals surface area (Å²) in [5, 5.41) is 3.62. The predicted octanol–water partition coefficient (Wildman–Crippen LogP) is 3.45. The molecule has 1 fully saturated rings. The minimum Gasteiger partial charge on any atom is -0.313 e. The Morgan fingerprint density at radius 3 is 2.31 bits per heavy atom. The molecule has 1 saturated heterocycles. The van der Waals surface area contributed by atoms with Crippen molar-refractivity contribution < 1.29 is 0 Å². The molecule has 0 aliphatic carbocycles. The van der Waals surface area contributed by atoms with Gasteiger partial charge in [-0.25, -0.2) is 0 Å². The first-order valence-electron chi connectivity index (χ1n) is 5.99. The van der Waals surface area contributed by atoms with Gasteiger partial charge in [-0.1, -0.05) is 41.0 Å². The summed E-state index contributed by atoms with van der Waals surface area (Å²) < 4.78 is 0. The molecule has 0 spiro atoms. The number of piperidine rings is 1. The van der Waals surface area contributed by atoms with E-state index in [-0.39, 0.29) is 0 Å². The molecule has 0 aromatic rings. The molecule has 13 heavy (non-hydrogen) atoms. The molecule has 1 heteroatoms. The molecule has 0 amide bonds. The molecule has 0 saturated carbocycles. The van der Waals surface area contributed by atoms with Crippen molar-refractivity contribution in [3.8, 4) is 0 Å². The van der Waals surface area contributed by atoms with E-state index in [1.165, 1.54) is 25.8 Å². The Bertz CT molecular complexity index is 110. The summed E-state index contributed by atoms with van der Waals surface area (Å²) in [6.45, 7) is 12.2. The van der Waals surface area contributed by atoms with Gasteiger partial charge in [0.15, 0.2) is 0 Å². The summed E-state index contributed by atoms with van der Waals surface area (Å²) in [5.74, 6) is 1.74. The lowest BCUT2D eigenvalue weighted by Crippen LogP contribution is -2.44. The third kappa shape index (κ3) is 4.12. The maximum absolute atomic E-state index is 3.62. The van der Waals surface area contributed by atoms with Crippen molar-refractivity contribution in [1.29, 1.82) is 0 Å². The Morgan fingerprint density at radius 1 is 1.31 bits per heavy atom. The standard InChI is InChI=1S/C10H21N.C2H6/c1-4-9-6-5-7-11-10(9)8(2)3;1-2/h8-11H,4-7H2,1-3H3;1-2H3. The quantitative estimate of drug-likeness (QED) is 0.695. The second-order valence-corrected chi connectivity index (χ2v) is 4.03. The normalized spacial score (nSPS) is 28.2. The smallest absolute Gasteiger partial charge is 0.0118 e. The van der Waals surface area contributed by atoms with Crippen LogP contribution in [0.1, 0.15) is 53.9 Å². The first kappa shape index (κ1) is 13.0. The largest absolute Gasteiger partial charge is 0.313 e. The molecule has 1 heterocycles. The fraction of sp³-hybridized carbons (Fsp3) is 1.00. The zero-order valence-corrected chi connectivity index (χ0v) is 10.1. The third-order valence-electron chi connectivity index (χ3n) is 2.88. The summed E-state index contributed by atoms with van der Waals surface area (Å²) in [7, 11) is 0. The molecule has 1 N–H and O–H groups in total. The number of hydrogen-bond acceptors (Lipinski definition) is 1. The molecule has 1 nitrogen and oxygen atoms in total. The van der Waals surface area contributed by atoms with Crippen molar-refractivity contribution in [2.24, 2.45) is 11.8 Å². The van der Waals surface area contributed by atoms with Gasteiger partial charge in [-0.15, -0.1) is 0 Å². The second-order valence-electron chi connectivity index (χ2n) is 4.03. The second kappa shape index (κ2) is 7.37. The minimum atomic E-state index is 0.786. The van der Waals surface area contributed by atoms with E-state index in [1.54, 1.807) is 0 Å². The highest BCUT2D eigenvalue weighted by atomic mass is 14.9. The summed E-state index contributed by atoms with van der Waals surface area (Å²) in [5.41, 5.74) is 0. The van der Waals surface area contributed by atoms with Crippen LogP contribution in [0.2, 0.25) is 0 Å². The van der Waals surface area contributed by atoms with Crippen molar-refractivity contribution in [3.05, 3.63) is 0 Å². The van der Waals surface area contributed by atoms with E-state index < -0.39 is 0 Å². The Kier molecular flexibility index (Phi) is 7.35. The van der Waals surface area contributed by atoms with Crippen LogP contribution in [0.25, 0.3) is 0 Å². The van der Waals surface area contributed by atoms with Gasteiger partial charge < -0.3 is 5.32 Å². The maximum Gasteiger partial charge on any atom is 0.0118 e. The van der Waals surface area contributed by atoms with Gasteiger partial charge in [0.2, 0.25) is 0 Å². The topological polar surface area (TPSA) is 12.0 Å². The highest BCUT2D eigenvalue weighted by molar-refractivity contribution is 4.82. The van der Waals surface area contributed by atoms with E-state index in [9.17, 15) is 0 Å². The first-order valence-corrected chi connectivity index (χ1v) is 5.99. The van der Waals surface area contributed by atoms with Crippen LogP contribution in [0.4, 0.5) is 0 Å². The van der Waals surface area contributed by atoms with E-state index in [0.29, 0.717) is 0 Å². The Balaban J connectivity index is 0.000000671. The van der Waals surface area contributed by atoms with E-state index in [1.807, 2.05) is 13.8 Å². The van der Waals surface area contributed by atoms with Crippen molar-refractivity contribution in [2.45, 2.75) is 59.9 Å². The average molecular weight is 185 g/mol. The highest BCUT2D eigenvalue weighted by Gasteiger charge is 2.25.